The maximum absolute atomic E-state index is 12.4. The van der Waals surface area contributed by atoms with Crippen molar-refractivity contribution in [1.29, 1.82) is 0 Å². The predicted octanol–water partition coefficient (Wildman–Crippen LogP) is 1.95. The van der Waals surface area contributed by atoms with Crippen molar-refractivity contribution in [3.8, 4) is 5.82 Å². The van der Waals surface area contributed by atoms with E-state index in [-0.39, 0.29) is 11.9 Å². The number of ether oxygens (including phenoxy) is 1. The number of rotatable bonds is 4. The quantitative estimate of drug-likeness (QED) is 0.937. The maximum atomic E-state index is 12.4. The molecule has 1 aliphatic rings. The molecular formula is C16H20N4O2. The van der Waals surface area contributed by atoms with Crippen molar-refractivity contribution < 1.29 is 9.53 Å². The highest BCUT2D eigenvalue weighted by molar-refractivity contribution is 5.92. The highest BCUT2D eigenvalue weighted by atomic mass is 16.5. The molecule has 2 heterocycles. The van der Waals surface area contributed by atoms with Gasteiger partial charge in [-0.05, 0) is 37.8 Å². The van der Waals surface area contributed by atoms with Gasteiger partial charge in [0.2, 0.25) is 0 Å². The molecule has 0 saturated heterocycles. The summed E-state index contributed by atoms with van der Waals surface area (Å²) in [4.78, 5) is 20.7. The van der Waals surface area contributed by atoms with E-state index >= 15 is 0 Å². The average Bonchev–Trinajstić information content (AvgIpc) is 3.10. The summed E-state index contributed by atoms with van der Waals surface area (Å²) in [7, 11) is 1.75. The molecule has 1 amide bonds. The van der Waals surface area contributed by atoms with Crippen molar-refractivity contribution in [2.45, 2.75) is 37.8 Å². The Balaban J connectivity index is 1.64. The van der Waals surface area contributed by atoms with Gasteiger partial charge in [-0.3, -0.25) is 9.36 Å². The summed E-state index contributed by atoms with van der Waals surface area (Å²) >= 11 is 0. The topological polar surface area (TPSA) is 69.0 Å². The fraction of sp³-hybridized carbons (Fsp3) is 0.438. The van der Waals surface area contributed by atoms with Crippen LogP contribution in [0.3, 0.4) is 0 Å². The van der Waals surface area contributed by atoms with Gasteiger partial charge < -0.3 is 10.1 Å². The van der Waals surface area contributed by atoms with E-state index in [1.54, 1.807) is 36.5 Å². The third-order valence-corrected chi connectivity index (χ3v) is 4.08. The number of nitrogens with zero attached hydrogens (tertiary/aromatic N) is 3. The van der Waals surface area contributed by atoms with Gasteiger partial charge in [-0.1, -0.05) is 6.07 Å². The van der Waals surface area contributed by atoms with E-state index in [1.807, 2.05) is 12.1 Å². The second-order valence-corrected chi connectivity index (χ2v) is 5.53. The largest absolute Gasteiger partial charge is 0.381 e. The molecule has 3 rings (SSSR count). The van der Waals surface area contributed by atoms with E-state index in [4.69, 9.17) is 4.74 Å². The third-order valence-electron chi connectivity index (χ3n) is 4.08. The molecule has 0 spiro atoms. The summed E-state index contributed by atoms with van der Waals surface area (Å²) in [5, 5.41) is 3.07. The molecule has 0 unspecified atom stereocenters. The molecule has 0 aliphatic heterocycles. The van der Waals surface area contributed by atoms with Crippen LogP contribution in [0, 0.1) is 0 Å². The van der Waals surface area contributed by atoms with Crippen LogP contribution >= 0.6 is 0 Å². The highest BCUT2D eigenvalue weighted by Gasteiger charge is 2.22. The summed E-state index contributed by atoms with van der Waals surface area (Å²) in [5.74, 6) is 0.566. The Labute approximate surface area is 129 Å². The van der Waals surface area contributed by atoms with Crippen LogP contribution in [-0.2, 0) is 4.74 Å². The first-order chi connectivity index (χ1) is 10.8. The number of pyridine rings is 1. The van der Waals surface area contributed by atoms with E-state index < -0.39 is 0 Å². The zero-order valence-electron chi connectivity index (χ0n) is 12.6. The van der Waals surface area contributed by atoms with Crippen LogP contribution in [0.5, 0.6) is 0 Å². The lowest BCUT2D eigenvalue weighted by molar-refractivity contribution is 0.0598. The van der Waals surface area contributed by atoms with Crippen LogP contribution in [-0.4, -0.2) is 39.7 Å². The zero-order chi connectivity index (χ0) is 15.4. The smallest absolute Gasteiger partial charge is 0.270 e. The minimum atomic E-state index is -0.122. The lowest BCUT2D eigenvalue weighted by Crippen LogP contribution is -2.39. The molecule has 6 heteroatoms. The summed E-state index contributed by atoms with van der Waals surface area (Å²) in [6.07, 6.45) is 9.36. The predicted molar refractivity (Wildman–Crippen MR) is 81.9 cm³/mol. The normalized spacial score (nSPS) is 21.5. The van der Waals surface area contributed by atoms with Gasteiger partial charge in [-0.15, -0.1) is 0 Å². The van der Waals surface area contributed by atoms with Crippen molar-refractivity contribution >= 4 is 5.91 Å². The van der Waals surface area contributed by atoms with Crippen LogP contribution in [0.4, 0.5) is 0 Å². The molecule has 0 atom stereocenters. The zero-order valence-corrected chi connectivity index (χ0v) is 12.6. The van der Waals surface area contributed by atoms with Crippen LogP contribution in [0.25, 0.3) is 5.82 Å². The maximum Gasteiger partial charge on any atom is 0.270 e. The summed E-state index contributed by atoms with van der Waals surface area (Å²) in [6, 6.07) is 5.62. The molecule has 22 heavy (non-hydrogen) atoms. The fourth-order valence-electron chi connectivity index (χ4n) is 2.79. The number of methoxy groups -OCH3 is 1. The van der Waals surface area contributed by atoms with Crippen molar-refractivity contribution in [3.05, 3.63) is 42.6 Å². The number of amides is 1. The molecule has 0 aromatic carbocycles. The van der Waals surface area contributed by atoms with Crippen LogP contribution < -0.4 is 5.32 Å². The van der Waals surface area contributed by atoms with Gasteiger partial charge in [0.05, 0.1) is 6.10 Å². The van der Waals surface area contributed by atoms with Crippen molar-refractivity contribution in [3.63, 3.8) is 0 Å². The van der Waals surface area contributed by atoms with Gasteiger partial charge in [-0.25, -0.2) is 9.97 Å². The second kappa shape index (κ2) is 6.70. The van der Waals surface area contributed by atoms with Gasteiger partial charge in [0.25, 0.3) is 5.91 Å². The first-order valence-corrected chi connectivity index (χ1v) is 7.55. The Morgan fingerprint density at radius 1 is 1.32 bits per heavy atom. The average molecular weight is 300 g/mol. The molecule has 2 aromatic rings. The Hall–Kier alpha value is -2.21. The molecule has 6 nitrogen and oxygen atoms in total. The first kappa shape index (κ1) is 14.7. The first-order valence-electron chi connectivity index (χ1n) is 7.55. The highest BCUT2D eigenvalue weighted by Crippen LogP contribution is 2.20. The molecular weight excluding hydrogens is 280 g/mol. The van der Waals surface area contributed by atoms with E-state index in [1.165, 1.54) is 0 Å². The number of carbonyl (C=O) groups is 1. The Morgan fingerprint density at radius 2 is 2.14 bits per heavy atom. The monoisotopic (exact) mass is 300 g/mol. The lowest BCUT2D eigenvalue weighted by atomic mass is 9.93. The number of nitrogens with one attached hydrogen (secondary N) is 1. The van der Waals surface area contributed by atoms with Gasteiger partial charge >= 0.3 is 0 Å². The van der Waals surface area contributed by atoms with E-state index in [2.05, 4.69) is 15.3 Å². The molecule has 1 fully saturated rings. The van der Waals surface area contributed by atoms with Crippen LogP contribution in [0.15, 0.2) is 36.9 Å². The Kier molecular flexibility index (Phi) is 4.48. The fourth-order valence-corrected chi connectivity index (χ4v) is 2.79. The Bertz CT molecular complexity index is 619. The SMILES string of the molecule is CO[C@H]1CC[C@H](NC(=O)c2cccc(-n3ccnc3)n2)CC1. The minimum Gasteiger partial charge on any atom is -0.381 e. The van der Waals surface area contributed by atoms with Crippen molar-refractivity contribution in [2.75, 3.05) is 7.11 Å². The number of aromatic nitrogens is 3. The summed E-state index contributed by atoms with van der Waals surface area (Å²) in [6.45, 7) is 0. The van der Waals surface area contributed by atoms with Crippen molar-refractivity contribution in [2.24, 2.45) is 0 Å². The number of hydrogen-bond acceptors (Lipinski definition) is 4. The molecule has 1 N–H and O–H groups in total. The Morgan fingerprint density at radius 3 is 2.82 bits per heavy atom. The van der Waals surface area contributed by atoms with E-state index in [9.17, 15) is 4.79 Å². The summed E-state index contributed by atoms with van der Waals surface area (Å²) < 4.78 is 7.13. The third kappa shape index (κ3) is 3.33. The number of carbonyl (C=O) groups excluding carboxylic acids is 1. The summed E-state index contributed by atoms with van der Waals surface area (Å²) in [5.41, 5.74) is 0.431. The molecule has 0 radical (unpaired) electrons. The number of hydrogen-bond donors (Lipinski definition) is 1. The second-order valence-electron chi connectivity index (χ2n) is 5.53. The van der Waals surface area contributed by atoms with Crippen LogP contribution in [0.1, 0.15) is 36.2 Å². The standard InChI is InChI=1S/C16H20N4O2/c1-22-13-7-5-12(6-8-13)18-16(21)14-3-2-4-15(19-14)20-10-9-17-11-20/h2-4,9-13H,5-8H2,1H3,(H,18,21)/t12-,13-. The van der Waals surface area contributed by atoms with E-state index in [0.29, 0.717) is 17.6 Å². The molecule has 1 aliphatic carbocycles. The van der Waals surface area contributed by atoms with E-state index in [0.717, 1.165) is 25.7 Å². The molecule has 116 valence electrons. The van der Waals surface area contributed by atoms with Gasteiger partial charge in [0, 0.05) is 25.5 Å². The van der Waals surface area contributed by atoms with Gasteiger partial charge in [0.1, 0.15) is 17.8 Å². The lowest BCUT2D eigenvalue weighted by Gasteiger charge is -2.28. The van der Waals surface area contributed by atoms with Crippen LogP contribution in [0.2, 0.25) is 0 Å². The van der Waals surface area contributed by atoms with Gasteiger partial charge in [0.15, 0.2) is 0 Å². The van der Waals surface area contributed by atoms with Gasteiger partial charge in [-0.2, -0.15) is 0 Å². The van der Waals surface area contributed by atoms with Crippen molar-refractivity contribution in [1.82, 2.24) is 19.9 Å². The number of imidazole rings is 1. The molecule has 0 bridgehead atoms. The molecule has 1 saturated carbocycles. The minimum absolute atomic E-state index is 0.122. The molecule has 2 aromatic heterocycles.